The lowest BCUT2D eigenvalue weighted by Gasteiger charge is -2.32. The van der Waals surface area contributed by atoms with Crippen molar-refractivity contribution in [3.05, 3.63) is 59.7 Å². The second-order valence-electron chi connectivity index (χ2n) is 5.80. The highest BCUT2D eigenvalue weighted by atomic mass is 16.5. The standard InChI is InChI=1S/C19H20N2O4/c22-17-4-2-1-3-16(17)20-13-14-5-7-15(8-6-14)18(19(23)24)21-9-11-25-12-10-21/h1-8,13,18,22H,9-12H2,(H,23,24). The zero-order chi connectivity index (χ0) is 17.6. The Balaban J connectivity index is 1.76. The van der Waals surface area contributed by atoms with Gasteiger partial charge in [-0.15, -0.1) is 0 Å². The Bertz CT molecular complexity index is 752. The number of ether oxygens (including phenoxy) is 1. The van der Waals surface area contributed by atoms with Gasteiger partial charge in [0.15, 0.2) is 0 Å². The number of phenols is 1. The molecule has 0 amide bonds. The average Bonchev–Trinajstić information content (AvgIpc) is 2.63. The number of hydrogen-bond acceptors (Lipinski definition) is 5. The summed E-state index contributed by atoms with van der Waals surface area (Å²) in [5, 5.41) is 19.3. The van der Waals surface area contributed by atoms with Crippen molar-refractivity contribution in [1.82, 2.24) is 4.90 Å². The predicted molar refractivity (Wildman–Crippen MR) is 94.6 cm³/mol. The van der Waals surface area contributed by atoms with Gasteiger partial charge in [-0.2, -0.15) is 0 Å². The molecule has 1 aliphatic rings. The summed E-state index contributed by atoms with van der Waals surface area (Å²) in [6, 6.07) is 13.4. The van der Waals surface area contributed by atoms with E-state index in [0.29, 0.717) is 32.0 Å². The number of aliphatic carboxylic acids is 1. The fourth-order valence-electron chi connectivity index (χ4n) is 2.83. The van der Waals surface area contributed by atoms with E-state index in [0.717, 1.165) is 11.1 Å². The molecule has 6 heteroatoms. The highest BCUT2D eigenvalue weighted by Gasteiger charge is 2.28. The fourth-order valence-corrected chi connectivity index (χ4v) is 2.83. The van der Waals surface area contributed by atoms with Gasteiger partial charge in [0.05, 0.1) is 13.2 Å². The van der Waals surface area contributed by atoms with Crippen molar-refractivity contribution >= 4 is 17.9 Å². The third kappa shape index (κ3) is 4.23. The summed E-state index contributed by atoms with van der Waals surface area (Å²) in [5.74, 6) is -0.744. The van der Waals surface area contributed by atoms with Crippen molar-refractivity contribution < 1.29 is 19.7 Å². The van der Waals surface area contributed by atoms with Gasteiger partial charge in [-0.1, -0.05) is 36.4 Å². The first-order chi connectivity index (χ1) is 12.1. The molecule has 0 saturated carbocycles. The SMILES string of the molecule is O=C(O)C(c1ccc(C=Nc2ccccc2O)cc1)N1CCOCC1. The van der Waals surface area contributed by atoms with E-state index in [1.54, 1.807) is 42.6 Å². The largest absolute Gasteiger partial charge is 0.506 e. The first-order valence-electron chi connectivity index (χ1n) is 8.12. The van der Waals surface area contributed by atoms with E-state index in [9.17, 15) is 15.0 Å². The second-order valence-corrected chi connectivity index (χ2v) is 5.80. The first-order valence-corrected chi connectivity index (χ1v) is 8.12. The summed E-state index contributed by atoms with van der Waals surface area (Å²) < 4.78 is 5.30. The molecule has 130 valence electrons. The molecule has 0 radical (unpaired) electrons. The van der Waals surface area contributed by atoms with Crippen LogP contribution >= 0.6 is 0 Å². The second kappa shape index (κ2) is 7.92. The number of para-hydroxylation sites is 2. The third-order valence-corrected chi connectivity index (χ3v) is 4.13. The number of hydrogen-bond donors (Lipinski definition) is 2. The number of rotatable bonds is 5. The number of morpholine rings is 1. The van der Waals surface area contributed by atoms with Gasteiger partial charge in [-0.25, -0.2) is 0 Å². The molecule has 6 nitrogen and oxygen atoms in total. The lowest BCUT2D eigenvalue weighted by molar-refractivity contribution is -0.145. The molecule has 3 rings (SSSR count). The van der Waals surface area contributed by atoms with E-state index in [1.807, 2.05) is 17.0 Å². The zero-order valence-electron chi connectivity index (χ0n) is 13.7. The molecule has 2 N–H and O–H groups in total. The Morgan fingerprint density at radius 1 is 1.12 bits per heavy atom. The van der Waals surface area contributed by atoms with Crippen molar-refractivity contribution in [2.75, 3.05) is 26.3 Å². The molecule has 0 spiro atoms. The molecule has 1 fully saturated rings. The first kappa shape index (κ1) is 17.1. The Hall–Kier alpha value is -2.70. The Kier molecular flexibility index (Phi) is 5.42. The van der Waals surface area contributed by atoms with E-state index in [-0.39, 0.29) is 5.75 Å². The van der Waals surface area contributed by atoms with Crippen LogP contribution in [0.2, 0.25) is 0 Å². The highest BCUT2D eigenvalue weighted by Crippen LogP contribution is 2.25. The number of carboxylic acids is 1. The van der Waals surface area contributed by atoms with E-state index in [1.165, 1.54) is 0 Å². The van der Waals surface area contributed by atoms with Crippen LogP contribution in [0.1, 0.15) is 17.2 Å². The topological polar surface area (TPSA) is 82.4 Å². The van der Waals surface area contributed by atoms with Gasteiger partial charge in [0.25, 0.3) is 0 Å². The van der Waals surface area contributed by atoms with Gasteiger partial charge in [-0.05, 0) is 23.3 Å². The lowest BCUT2D eigenvalue weighted by Crippen LogP contribution is -2.42. The van der Waals surface area contributed by atoms with Gasteiger partial charge in [0.1, 0.15) is 17.5 Å². The van der Waals surface area contributed by atoms with Crippen LogP contribution in [0.5, 0.6) is 5.75 Å². The van der Waals surface area contributed by atoms with Crippen LogP contribution in [0.15, 0.2) is 53.5 Å². The minimum Gasteiger partial charge on any atom is -0.506 e. The van der Waals surface area contributed by atoms with Gasteiger partial charge < -0.3 is 14.9 Å². The minimum absolute atomic E-state index is 0.119. The molecule has 2 aromatic rings. The molecular weight excluding hydrogens is 320 g/mol. The maximum atomic E-state index is 11.7. The van der Waals surface area contributed by atoms with Gasteiger partial charge in [-0.3, -0.25) is 14.7 Å². The molecular formula is C19H20N2O4. The van der Waals surface area contributed by atoms with Crippen LogP contribution < -0.4 is 0 Å². The number of carboxylic acid groups (broad SMARTS) is 1. The molecule has 1 aliphatic heterocycles. The van der Waals surface area contributed by atoms with Crippen LogP contribution in [0.25, 0.3) is 0 Å². The smallest absolute Gasteiger partial charge is 0.325 e. The van der Waals surface area contributed by atoms with Gasteiger partial charge in [0, 0.05) is 19.3 Å². The van der Waals surface area contributed by atoms with Crippen molar-refractivity contribution in [3.63, 3.8) is 0 Å². The molecule has 2 aromatic carbocycles. The number of aromatic hydroxyl groups is 1. The molecule has 1 unspecified atom stereocenters. The van der Waals surface area contributed by atoms with Gasteiger partial charge >= 0.3 is 5.97 Å². The van der Waals surface area contributed by atoms with Crippen LogP contribution in [0.4, 0.5) is 5.69 Å². The van der Waals surface area contributed by atoms with Crippen LogP contribution in [-0.2, 0) is 9.53 Å². The fraction of sp³-hybridized carbons (Fsp3) is 0.263. The average molecular weight is 340 g/mol. The maximum Gasteiger partial charge on any atom is 0.325 e. The summed E-state index contributed by atoms with van der Waals surface area (Å²) in [4.78, 5) is 17.9. The van der Waals surface area contributed by atoms with E-state index >= 15 is 0 Å². The van der Waals surface area contributed by atoms with Crippen LogP contribution in [0, 0.1) is 0 Å². The summed E-state index contributed by atoms with van der Waals surface area (Å²) in [5.41, 5.74) is 2.05. The summed E-state index contributed by atoms with van der Waals surface area (Å²) in [7, 11) is 0. The van der Waals surface area contributed by atoms with E-state index < -0.39 is 12.0 Å². The number of carbonyl (C=O) groups is 1. The van der Waals surface area contributed by atoms with Crippen molar-refractivity contribution in [2.24, 2.45) is 4.99 Å². The lowest BCUT2D eigenvalue weighted by atomic mass is 10.0. The Morgan fingerprint density at radius 3 is 2.44 bits per heavy atom. The predicted octanol–water partition coefficient (Wildman–Crippen LogP) is 2.60. The number of nitrogens with zero attached hydrogens (tertiary/aromatic N) is 2. The number of benzene rings is 2. The van der Waals surface area contributed by atoms with Crippen LogP contribution in [-0.4, -0.2) is 53.6 Å². The van der Waals surface area contributed by atoms with E-state index in [4.69, 9.17) is 4.74 Å². The van der Waals surface area contributed by atoms with Crippen LogP contribution in [0.3, 0.4) is 0 Å². The maximum absolute atomic E-state index is 11.7. The van der Waals surface area contributed by atoms with Crippen molar-refractivity contribution in [2.45, 2.75) is 6.04 Å². The Morgan fingerprint density at radius 2 is 1.80 bits per heavy atom. The molecule has 0 aliphatic carbocycles. The quantitative estimate of drug-likeness (QED) is 0.818. The monoisotopic (exact) mass is 340 g/mol. The molecule has 1 heterocycles. The third-order valence-electron chi connectivity index (χ3n) is 4.13. The molecule has 1 saturated heterocycles. The van der Waals surface area contributed by atoms with Crippen molar-refractivity contribution in [3.8, 4) is 5.75 Å². The zero-order valence-corrected chi connectivity index (χ0v) is 13.7. The van der Waals surface area contributed by atoms with Crippen molar-refractivity contribution in [1.29, 1.82) is 0 Å². The summed E-state index contributed by atoms with van der Waals surface area (Å²) >= 11 is 0. The molecule has 0 aromatic heterocycles. The number of phenolic OH excluding ortho intramolecular Hbond substituents is 1. The van der Waals surface area contributed by atoms with E-state index in [2.05, 4.69) is 4.99 Å². The van der Waals surface area contributed by atoms with Gasteiger partial charge in [0.2, 0.25) is 0 Å². The molecule has 0 bridgehead atoms. The summed E-state index contributed by atoms with van der Waals surface area (Å²) in [6.07, 6.45) is 1.64. The summed E-state index contributed by atoms with van der Waals surface area (Å²) in [6.45, 7) is 2.31. The molecule has 1 atom stereocenters. The molecule has 25 heavy (non-hydrogen) atoms. The minimum atomic E-state index is -0.863. The normalized spacial score (nSPS) is 16.8. The Labute approximate surface area is 146 Å². The highest BCUT2D eigenvalue weighted by molar-refractivity contribution is 5.83. The number of aliphatic imine (C=N–C) groups is 1.